The monoisotopic (exact) mass is 261 g/mol. The van der Waals surface area contributed by atoms with Crippen LogP contribution in [0.1, 0.15) is 44.1 Å². The second-order valence-electron chi connectivity index (χ2n) is 5.47. The number of hydrogen-bond donors (Lipinski definition) is 1. The van der Waals surface area contributed by atoms with Crippen molar-refractivity contribution in [3.8, 4) is 0 Å². The Labute approximate surface area is 115 Å². The number of carbonyl (C=O) groups is 1. The third kappa shape index (κ3) is 5.03. The fourth-order valence-electron chi connectivity index (χ4n) is 2.61. The lowest BCUT2D eigenvalue weighted by Gasteiger charge is -2.25. The molecule has 0 bridgehead atoms. The summed E-state index contributed by atoms with van der Waals surface area (Å²) in [6.45, 7) is 0.384. The van der Waals surface area contributed by atoms with Crippen LogP contribution in [0.15, 0.2) is 30.3 Å². The minimum Gasteiger partial charge on any atom is -0.461 e. The molecular formula is C16H23NO2. The van der Waals surface area contributed by atoms with Crippen LogP contribution < -0.4 is 5.73 Å². The van der Waals surface area contributed by atoms with Crippen LogP contribution in [0.3, 0.4) is 0 Å². The Morgan fingerprint density at radius 2 is 1.84 bits per heavy atom. The number of hydrogen-bond acceptors (Lipinski definition) is 3. The number of carbonyl (C=O) groups excluding carboxylic acids is 1. The van der Waals surface area contributed by atoms with Gasteiger partial charge in [0.2, 0.25) is 0 Å². The molecule has 3 nitrogen and oxygen atoms in total. The maximum Gasteiger partial charge on any atom is 0.306 e. The van der Waals surface area contributed by atoms with Crippen molar-refractivity contribution in [3.05, 3.63) is 35.9 Å². The summed E-state index contributed by atoms with van der Waals surface area (Å²) >= 11 is 0. The third-order valence-corrected chi connectivity index (χ3v) is 3.89. The summed E-state index contributed by atoms with van der Waals surface area (Å²) in [7, 11) is 0. The molecule has 2 rings (SSSR count). The van der Waals surface area contributed by atoms with Crippen molar-refractivity contribution in [2.24, 2.45) is 11.7 Å². The lowest BCUT2D eigenvalue weighted by Crippen LogP contribution is -2.26. The molecule has 0 aromatic heterocycles. The Balaban J connectivity index is 1.62. The smallest absolute Gasteiger partial charge is 0.306 e. The van der Waals surface area contributed by atoms with Crippen molar-refractivity contribution in [2.45, 2.75) is 51.2 Å². The van der Waals surface area contributed by atoms with Crippen LogP contribution in [-0.4, -0.2) is 12.0 Å². The molecule has 0 spiro atoms. The van der Waals surface area contributed by atoms with E-state index in [1.807, 2.05) is 30.3 Å². The molecule has 0 unspecified atom stereocenters. The zero-order valence-corrected chi connectivity index (χ0v) is 11.4. The van der Waals surface area contributed by atoms with Gasteiger partial charge in [0, 0.05) is 12.5 Å². The Hall–Kier alpha value is -1.35. The SMILES string of the molecule is NC1CCC(CCC(=O)OCc2ccccc2)CC1. The predicted molar refractivity (Wildman–Crippen MR) is 75.4 cm³/mol. The topological polar surface area (TPSA) is 52.3 Å². The average Bonchev–Trinajstić information content (AvgIpc) is 2.45. The van der Waals surface area contributed by atoms with E-state index in [0.717, 1.165) is 37.7 Å². The maximum absolute atomic E-state index is 11.7. The zero-order valence-electron chi connectivity index (χ0n) is 11.4. The molecule has 0 atom stereocenters. The number of esters is 1. The van der Waals surface area contributed by atoms with Gasteiger partial charge in [-0.05, 0) is 43.6 Å². The van der Waals surface area contributed by atoms with Crippen molar-refractivity contribution in [3.63, 3.8) is 0 Å². The Morgan fingerprint density at radius 1 is 1.16 bits per heavy atom. The molecule has 1 saturated carbocycles. The van der Waals surface area contributed by atoms with Crippen molar-refractivity contribution in [2.75, 3.05) is 0 Å². The van der Waals surface area contributed by atoms with E-state index in [1.165, 1.54) is 0 Å². The van der Waals surface area contributed by atoms with Gasteiger partial charge >= 0.3 is 5.97 Å². The standard InChI is InChI=1S/C16H23NO2/c17-15-9-6-13(7-10-15)8-11-16(18)19-12-14-4-2-1-3-5-14/h1-5,13,15H,6-12,17H2. The summed E-state index contributed by atoms with van der Waals surface area (Å²) in [5.74, 6) is 0.572. The number of nitrogens with two attached hydrogens (primary N) is 1. The average molecular weight is 261 g/mol. The first-order valence-corrected chi connectivity index (χ1v) is 7.19. The minimum atomic E-state index is -0.0845. The fourth-order valence-corrected chi connectivity index (χ4v) is 2.61. The van der Waals surface area contributed by atoms with Gasteiger partial charge in [-0.2, -0.15) is 0 Å². The van der Waals surface area contributed by atoms with E-state index >= 15 is 0 Å². The van der Waals surface area contributed by atoms with Gasteiger partial charge in [0.05, 0.1) is 0 Å². The van der Waals surface area contributed by atoms with Gasteiger partial charge in [-0.15, -0.1) is 0 Å². The van der Waals surface area contributed by atoms with E-state index in [4.69, 9.17) is 10.5 Å². The fraction of sp³-hybridized carbons (Fsp3) is 0.562. The molecule has 3 heteroatoms. The van der Waals surface area contributed by atoms with E-state index < -0.39 is 0 Å². The van der Waals surface area contributed by atoms with Gasteiger partial charge in [-0.25, -0.2) is 0 Å². The summed E-state index contributed by atoms with van der Waals surface area (Å²) in [6.07, 6.45) is 6.00. The lowest BCUT2D eigenvalue weighted by molar-refractivity contribution is -0.145. The highest BCUT2D eigenvalue weighted by molar-refractivity contribution is 5.69. The van der Waals surface area contributed by atoms with Gasteiger partial charge < -0.3 is 10.5 Å². The van der Waals surface area contributed by atoms with Crippen LogP contribution in [0, 0.1) is 5.92 Å². The Morgan fingerprint density at radius 3 is 2.53 bits per heavy atom. The zero-order chi connectivity index (χ0) is 13.5. The molecule has 0 saturated heterocycles. The van der Waals surface area contributed by atoms with Crippen LogP contribution in [0.4, 0.5) is 0 Å². The molecule has 104 valence electrons. The molecule has 0 radical (unpaired) electrons. The van der Waals surface area contributed by atoms with Crippen LogP contribution in [0.2, 0.25) is 0 Å². The van der Waals surface area contributed by atoms with E-state index in [2.05, 4.69) is 0 Å². The van der Waals surface area contributed by atoms with E-state index in [1.54, 1.807) is 0 Å². The molecule has 1 aliphatic carbocycles. The molecule has 1 aromatic rings. The van der Waals surface area contributed by atoms with Crippen LogP contribution >= 0.6 is 0 Å². The van der Waals surface area contributed by atoms with Crippen LogP contribution in [-0.2, 0) is 16.1 Å². The molecule has 0 heterocycles. The van der Waals surface area contributed by atoms with E-state index in [9.17, 15) is 4.79 Å². The number of ether oxygens (including phenoxy) is 1. The first-order valence-electron chi connectivity index (χ1n) is 7.19. The third-order valence-electron chi connectivity index (χ3n) is 3.89. The van der Waals surface area contributed by atoms with Gasteiger partial charge in [-0.1, -0.05) is 30.3 Å². The highest BCUT2D eigenvalue weighted by atomic mass is 16.5. The highest BCUT2D eigenvalue weighted by Crippen LogP contribution is 2.26. The molecule has 0 aliphatic heterocycles. The van der Waals surface area contributed by atoms with Gasteiger partial charge in [0.25, 0.3) is 0 Å². The van der Waals surface area contributed by atoms with Crippen molar-refractivity contribution in [1.82, 2.24) is 0 Å². The van der Waals surface area contributed by atoms with Crippen molar-refractivity contribution < 1.29 is 9.53 Å². The summed E-state index contributed by atoms with van der Waals surface area (Å²) in [5.41, 5.74) is 6.91. The molecule has 0 amide bonds. The van der Waals surface area contributed by atoms with Crippen LogP contribution in [0.5, 0.6) is 0 Å². The second kappa shape index (κ2) is 7.29. The number of benzene rings is 1. The van der Waals surface area contributed by atoms with Gasteiger partial charge in [0.15, 0.2) is 0 Å². The molecule has 2 N–H and O–H groups in total. The largest absolute Gasteiger partial charge is 0.461 e. The summed E-state index contributed by atoms with van der Waals surface area (Å²) < 4.78 is 5.28. The Bertz CT molecular complexity index is 383. The van der Waals surface area contributed by atoms with Crippen LogP contribution in [0.25, 0.3) is 0 Å². The van der Waals surface area contributed by atoms with E-state index in [-0.39, 0.29) is 5.97 Å². The molecular weight excluding hydrogens is 238 g/mol. The summed E-state index contributed by atoms with van der Waals surface area (Å²) in [4.78, 5) is 11.7. The summed E-state index contributed by atoms with van der Waals surface area (Å²) in [5, 5.41) is 0. The predicted octanol–water partition coefficient (Wildman–Crippen LogP) is 3.03. The van der Waals surface area contributed by atoms with Crippen molar-refractivity contribution in [1.29, 1.82) is 0 Å². The van der Waals surface area contributed by atoms with Gasteiger partial charge in [-0.3, -0.25) is 4.79 Å². The van der Waals surface area contributed by atoms with Crippen molar-refractivity contribution >= 4 is 5.97 Å². The molecule has 1 aromatic carbocycles. The highest BCUT2D eigenvalue weighted by Gasteiger charge is 2.19. The second-order valence-corrected chi connectivity index (χ2v) is 5.47. The normalized spacial score (nSPS) is 23.0. The lowest BCUT2D eigenvalue weighted by atomic mass is 9.84. The molecule has 1 fully saturated rings. The maximum atomic E-state index is 11.7. The Kier molecular flexibility index (Phi) is 5.40. The molecule has 19 heavy (non-hydrogen) atoms. The quantitative estimate of drug-likeness (QED) is 0.829. The molecule has 1 aliphatic rings. The van der Waals surface area contributed by atoms with Gasteiger partial charge in [0.1, 0.15) is 6.61 Å². The van der Waals surface area contributed by atoms with E-state index in [0.29, 0.717) is 25.0 Å². The number of rotatable bonds is 5. The first-order chi connectivity index (χ1) is 9.24. The summed E-state index contributed by atoms with van der Waals surface area (Å²) in [6, 6.07) is 10.2. The minimum absolute atomic E-state index is 0.0845. The first kappa shape index (κ1) is 14.1.